The Kier molecular flexibility index (Phi) is 17.1. The summed E-state index contributed by atoms with van der Waals surface area (Å²) in [6, 6.07) is 82.7. The Bertz CT molecular complexity index is 3160. The average Bonchev–Trinajstić information content (AvgIpc) is 3.36. The van der Waals surface area contributed by atoms with Gasteiger partial charge in [0.15, 0.2) is 0 Å². The summed E-state index contributed by atoms with van der Waals surface area (Å²) < 4.78 is 0. The van der Waals surface area contributed by atoms with E-state index in [1.165, 1.54) is 121 Å². The lowest BCUT2D eigenvalue weighted by molar-refractivity contribution is 1.40. The number of aryl methyl sites for hydroxylation is 10. The summed E-state index contributed by atoms with van der Waals surface area (Å²) in [6.45, 7) is 21.2. The Morgan fingerprint density at radius 3 is 0.486 bits per heavy atom. The van der Waals surface area contributed by atoms with E-state index in [1.807, 2.05) is 0 Å². The molecule has 11 rings (SSSR count). The SMILES string of the molecule is Cc1ccc(-c2ccc(-c3ccc(C)cc3)cc2)cc1.Cc1ccc(-c2ccc(C)cc2)cc1.Cc1ccc(C)cc1.Cc1ccc2cc(C)ccc2c1.Cc1ccc2cc3cc(C)ccc3cc2c1. The van der Waals surface area contributed by atoms with Gasteiger partial charge in [0.2, 0.25) is 0 Å². The molecule has 0 aromatic heterocycles. The molecule has 0 saturated heterocycles. The monoisotopic (exact) mass is 909 g/mol. The van der Waals surface area contributed by atoms with E-state index in [-0.39, 0.29) is 0 Å². The molecule has 0 amide bonds. The third kappa shape index (κ3) is 14.6. The molecule has 0 spiro atoms. The average molecular weight is 909 g/mol. The van der Waals surface area contributed by atoms with Gasteiger partial charge in [-0.2, -0.15) is 0 Å². The van der Waals surface area contributed by atoms with Gasteiger partial charge in [0.05, 0.1) is 0 Å². The first-order chi connectivity index (χ1) is 33.7. The second-order valence-corrected chi connectivity index (χ2v) is 19.1. The zero-order chi connectivity index (χ0) is 49.6. The standard InChI is InChI=1S/C20H18.C16H14.C14H14.C12H12.C8H10/c1-15-3-7-17(8-4-15)19-11-13-20(14-12-19)18-9-5-16(2)6-10-18;1-11-3-5-13-10-16-8-12(2)4-6-14(16)9-15(13)7-11;1-11-3-7-13(8-4-11)14-9-5-12(2)6-10-14;1-9-3-5-12-8-10(2)4-6-11(12)7-9;1-7-3-5-8(2)6-4-7/h3-14H,1-2H3;3-10H,1-2H3;3-10H,1-2H3;3-8H,1-2H3;3-6H,1-2H3. The Morgan fingerprint density at radius 1 is 0.129 bits per heavy atom. The fraction of sp³-hybridized carbons (Fsp3) is 0.143. The van der Waals surface area contributed by atoms with Crippen molar-refractivity contribution in [1.29, 1.82) is 0 Å². The van der Waals surface area contributed by atoms with Gasteiger partial charge in [-0.3, -0.25) is 0 Å². The molecule has 11 aromatic carbocycles. The zero-order valence-electron chi connectivity index (χ0n) is 42.9. The van der Waals surface area contributed by atoms with Crippen molar-refractivity contribution in [3.05, 3.63) is 286 Å². The molecule has 11 aromatic rings. The molecule has 0 heteroatoms. The third-order valence-electron chi connectivity index (χ3n) is 12.6. The molecule has 0 aliphatic heterocycles. The largest absolute Gasteiger partial charge is 0.0591 e. The molecule has 0 radical (unpaired) electrons. The molecule has 0 heterocycles. The highest BCUT2D eigenvalue weighted by molar-refractivity contribution is 5.98. The van der Waals surface area contributed by atoms with Crippen molar-refractivity contribution in [2.75, 3.05) is 0 Å². The summed E-state index contributed by atoms with van der Waals surface area (Å²) in [4.78, 5) is 0. The molecule has 0 aliphatic carbocycles. The summed E-state index contributed by atoms with van der Waals surface area (Å²) in [5.41, 5.74) is 20.8. The summed E-state index contributed by atoms with van der Waals surface area (Å²) in [5.74, 6) is 0. The van der Waals surface area contributed by atoms with Crippen molar-refractivity contribution in [2.24, 2.45) is 0 Å². The van der Waals surface area contributed by atoms with Gasteiger partial charge in [-0.1, -0.05) is 274 Å². The summed E-state index contributed by atoms with van der Waals surface area (Å²) in [7, 11) is 0. The topological polar surface area (TPSA) is 0 Å². The van der Waals surface area contributed by atoms with Gasteiger partial charge in [-0.15, -0.1) is 0 Å². The van der Waals surface area contributed by atoms with Crippen LogP contribution in [0.25, 0.3) is 65.7 Å². The minimum absolute atomic E-state index is 1.26. The van der Waals surface area contributed by atoms with Crippen molar-refractivity contribution in [3.8, 4) is 33.4 Å². The Hall–Kier alpha value is -7.80. The van der Waals surface area contributed by atoms with Gasteiger partial charge in [0, 0.05) is 0 Å². The van der Waals surface area contributed by atoms with Crippen molar-refractivity contribution >= 4 is 32.3 Å². The molecule has 0 bridgehead atoms. The minimum atomic E-state index is 1.26. The molecule has 0 N–H and O–H groups in total. The number of hydrogen-bond acceptors (Lipinski definition) is 0. The van der Waals surface area contributed by atoms with Gasteiger partial charge in [-0.05, 0) is 147 Å². The van der Waals surface area contributed by atoms with Crippen LogP contribution >= 0.6 is 0 Å². The van der Waals surface area contributed by atoms with Crippen molar-refractivity contribution < 1.29 is 0 Å². The predicted octanol–water partition coefficient (Wildman–Crippen LogP) is 20.0. The van der Waals surface area contributed by atoms with Gasteiger partial charge in [-0.25, -0.2) is 0 Å². The lowest BCUT2D eigenvalue weighted by Crippen LogP contribution is -1.81. The maximum absolute atomic E-state index is 2.27. The fourth-order valence-electron chi connectivity index (χ4n) is 8.20. The van der Waals surface area contributed by atoms with E-state index < -0.39 is 0 Å². The molecule has 0 aliphatic rings. The molecule has 0 saturated carbocycles. The van der Waals surface area contributed by atoms with E-state index in [4.69, 9.17) is 0 Å². The molecular formula is C70H68. The molecule has 0 fully saturated rings. The highest BCUT2D eigenvalue weighted by Crippen LogP contribution is 2.27. The van der Waals surface area contributed by atoms with Gasteiger partial charge >= 0.3 is 0 Å². The van der Waals surface area contributed by atoms with Crippen LogP contribution in [0.4, 0.5) is 0 Å². The van der Waals surface area contributed by atoms with E-state index in [0.717, 1.165) is 0 Å². The van der Waals surface area contributed by atoms with Crippen molar-refractivity contribution in [3.63, 3.8) is 0 Å². The first-order valence-corrected chi connectivity index (χ1v) is 24.5. The smallest absolute Gasteiger partial charge is 0.0175 e. The van der Waals surface area contributed by atoms with Gasteiger partial charge < -0.3 is 0 Å². The van der Waals surface area contributed by atoms with Crippen LogP contribution in [-0.4, -0.2) is 0 Å². The predicted molar refractivity (Wildman–Crippen MR) is 308 cm³/mol. The van der Waals surface area contributed by atoms with E-state index in [9.17, 15) is 0 Å². The second-order valence-electron chi connectivity index (χ2n) is 19.1. The Morgan fingerprint density at radius 2 is 0.271 bits per heavy atom. The van der Waals surface area contributed by atoms with E-state index >= 15 is 0 Å². The quantitative estimate of drug-likeness (QED) is 0.155. The molecule has 0 nitrogen and oxygen atoms in total. The highest BCUT2D eigenvalue weighted by atomic mass is 14.1. The number of hydrogen-bond donors (Lipinski definition) is 0. The molecular weight excluding hydrogens is 841 g/mol. The van der Waals surface area contributed by atoms with Crippen LogP contribution in [0.5, 0.6) is 0 Å². The summed E-state index contributed by atoms with van der Waals surface area (Å²) >= 11 is 0. The first-order valence-electron chi connectivity index (χ1n) is 24.5. The van der Waals surface area contributed by atoms with E-state index in [2.05, 4.69) is 300 Å². The van der Waals surface area contributed by atoms with Crippen LogP contribution in [0.3, 0.4) is 0 Å². The van der Waals surface area contributed by atoms with Crippen molar-refractivity contribution in [2.45, 2.75) is 69.2 Å². The van der Waals surface area contributed by atoms with E-state index in [1.54, 1.807) is 0 Å². The highest BCUT2D eigenvalue weighted by Gasteiger charge is 2.02. The van der Waals surface area contributed by atoms with Crippen LogP contribution in [0, 0.1) is 69.2 Å². The van der Waals surface area contributed by atoms with Crippen LogP contribution in [-0.2, 0) is 0 Å². The number of rotatable bonds is 3. The molecule has 0 atom stereocenters. The van der Waals surface area contributed by atoms with Crippen LogP contribution in [0.2, 0.25) is 0 Å². The van der Waals surface area contributed by atoms with Crippen molar-refractivity contribution in [1.82, 2.24) is 0 Å². The lowest BCUT2D eigenvalue weighted by atomic mass is 9.99. The normalized spacial score (nSPS) is 10.4. The fourth-order valence-corrected chi connectivity index (χ4v) is 8.20. The molecule has 348 valence electrons. The Balaban J connectivity index is 0.000000132. The lowest BCUT2D eigenvalue weighted by Gasteiger charge is -2.06. The van der Waals surface area contributed by atoms with Crippen LogP contribution < -0.4 is 0 Å². The molecule has 70 heavy (non-hydrogen) atoms. The van der Waals surface area contributed by atoms with Crippen LogP contribution in [0.1, 0.15) is 55.6 Å². The first kappa shape index (κ1) is 50.1. The maximum Gasteiger partial charge on any atom is -0.0175 e. The van der Waals surface area contributed by atoms with Crippen LogP contribution in [0.15, 0.2) is 231 Å². The summed E-state index contributed by atoms with van der Waals surface area (Å²) in [6.07, 6.45) is 0. The summed E-state index contributed by atoms with van der Waals surface area (Å²) in [5, 5.41) is 7.97. The van der Waals surface area contributed by atoms with Gasteiger partial charge in [0.1, 0.15) is 0 Å². The van der Waals surface area contributed by atoms with Gasteiger partial charge in [0.25, 0.3) is 0 Å². The third-order valence-corrected chi connectivity index (χ3v) is 12.6. The Labute approximate surface area is 419 Å². The maximum atomic E-state index is 2.27. The molecule has 0 unspecified atom stereocenters. The zero-order valence-corrected chi connectivity index (χ0v) is 42.9. The number of fused-ring (bicyclic) bond motifs is 3. The second kappa shape index (κ2) is 24.0. The number of benzene rings is 11. The minimum Gasteiger partial charge on any atom is -0.0591 e. The van der Waals surface area contributed by atoms with E-state index in [0.29, 0.717) is 0 Å².